The van der Waals surface area contributed by atoms with Crippen LogP contribution in [0.1, 0.15) is 36.2 Å². The van der Waals surface area contributed by atoms with Crippen molar-refractivity contribution in [1.29, 1.82) is 0 Å². The van der Waals surface area contributed by atoms with Crippen molar-refractivity contribution in [2.75, 3.05) is 33.2 Å². The number of carbonyl (C=O) groups excluding carboxylic acids is 2. The van der Waals surface area contributed by atoms with Crippen LogP contribution in [0.4, 0.5) is 5.69 Å². The number of rotatable bonds is 10. The maximum atomic E-state index is 12.5. The first kappa shape index (κ1) is 23.1. The van der Waals surface area contributed by atoms with Gasteiger partial charge in [0.15, 0.2) is 11.5 Å². The standard InChI is InChI=1S/C23H30N2O5/c1-15(2)14-24-23(27)17-8-6-7-9-18(17)25-21(26)11-10-16-12-19(28-3)22(30-5)20(13-16)29-4/h6-9,12-13,15H,10-11,14H2,1-5H3,(H,24,27)(H,25,26). The molecule has 2 rings (SSSR count). The number of methoxy groups -OCH3 is 3. The number of benzene rings is 2. The highest BCUT2D eigenvalue weighted by atomic mass is 16.5. The molecule has 0 aliphatic carbocycles. The molecule has 0 radical (unpaired) electrons. The molecule has 0 atom stereocenters. The Labute approximate surface area is 177 Å². The van der Waals surface area contributed by atoms with Crippen LogP contribution in [0.2, 0.25) is 0 Å². The van der Waals surface area contributed by atoms with E-state index in [4.69, 9.17) is 14.2 Å². The Morgan fingerprint density at radius 2 is 1.60 bits per heavy atom. The molecule has 30 heavy (non-hydrogen) atoms. The van der Waals surface area contributed by atoms with Crippen molar-refractivity contribution in [2.24, 2.45) is 5.92 Å². The number of hydrogen-bond acceptors (Lipinski definition) is 5. The average molecular weight is 415 g/mol. The maximum absolute atomic E-state index is 12.5. The van der Waals surface area contributed by atoms with E-state index in [-0.39, 0.29) is 18.2 Å². The van der Waals surface area contributed by atoms with E-state index < -0.39 is 0 Å². The highest BCUT2D eigenvalue weighted by Gasteiger charge is 2.16. The van der Waals surface area contributed by atoms with Crippen molar-refractivity contribution in [2.45, 2.75) is 26.7 Å². The molecule has 162 valence electrons. The van der Waals surface area contributed by atoms with Crippen molar-refractivity contribution in [3.05, 3.63) is 47.5 Å². The number of aryl methyl sites for hydroxylation is 1. The molecule has 0 bridgehead atoms. The van der Waals surface area contributed by atoms with E-state index >= 15 is 0 Å². The molecule has 2 amide bonds. The Morgan fingerprint density at radius 3 is 2.17 bits per heavy atom. The van der Waals surface area contributed by atoms with E-state index in [0.29, 0.717) is 47.4 Å². The number of ether oxygens (including phenoxy) is 3. The highest BCUT2D eigenvalue weighted by Crippen LogP contribution is 2.38. The first-order chi connectivity index (χ1) is 14.4. The fourth-order valence-electron chi connectivity index (χ4n) is 2.93. The molecular formula is C23H30N2O5. The van der Waals surface area contributed by atoms with Gasteiger partial charge in [0.25, 0.3) is 5.91 Å². The third-order valence-corrected chi connectivity index (χ3v) is 4.48. The Kier molecular flexibility index (Phi) is 8.53. The van der Waals surface area contributed by atoms with Gasteiger partial charge in [0, 0.05) is 13.0 Å². The van der Waals surface area contributed by atoms with Gasteiger partial charge in [0.05, 0.1) is 32.6 Å². The summed E-state index contributed by atoms with van der Waals surface area (Å²) in [6, 6.07) is 10.6. The van der Waals surface area contributed by atoms with E-state index in [1.54, 1.807) is 45.6 Å². The van der Waals surface area contributed by atoms with Gasteiger partial charge < -0.3 is 24.8 Å². The normalized spacial score (nSPS) is 10.5. The van der Waals surface area contributed by atoms with Crippen LogP contribution in [0, 0.1) is 5.92 Å². The van der Waals surface area contributed by atoms with Gasteiger partial charge in [-0.2, -0.15) is 0 Å². The van der Waals surface area contributed by atoms with Crippen LogP contribution in [-0.2, 0) is 11.2 Å². The highest BCUT2D eigenvalue weighted by molar-refractivity contribution is 6.03. The fraction of sp³-hybridized carbons (Fsp3) is 0.391. The first-order valence-electron chi connectivity index (χ1n) is 9.85. The monoisotopic (exact) mass is 414 g/mol. The van der Waals surface area contributed by atoms with Crippen molar-refractivity contribution in [1.82, 2.24) is 5.32 Å². The Morgan fingerprint density at radius 1 is 0.967 bits per heavy atom. The molecule has 0 unspecified atom stereocenters. The molecule has 0 heterocycles. The third-order valence-electron chi connectivity index (χ3n) is 4.48. The summed E-state index contributed by atoms with van der Waals surface area (Å²) in [4.78, 5) is 25.0. The number of carbonyl (C=O) groups is 2. The van der Waals surface area contributed by atoms with Crippen molar-refractivity contribution in [3.8, 4) is 17.2 Å². The molecular weight excluding hydrogens is 384 g/mol. The molecule has 2 aromatic rings. The smallest absolute Gasteiger partial charge is 0.253 e. The number of nitrogens with one attached hydrogen (secondary N) is 2. The van der Waals surface area contributed by atoms with Crippen LogP contribution in [0.5, 0.6) is 17.2 Å². The molecule has 0 saturated carbocycles. The van der Waals surface area contributed by atoms with Gasteiger partial charge >= 0.3 is 0 Å². The number of anilines is 1. The summed E-state index contributed by atoms with van der Waals surface area (Å²) in [7, 11) is 4.65. The molecule has 0 fully saturated rings. The average Bonchev–Trinajstić information content (AvgIpc) is 2.75. The summed E-state index contributed by atoms with van der Waals surface area (Å²) in [6.45, 7) is 4.62. The van der Waals surface area contributed by atoms with Gasteiger partial charge in [-0.1, -0.05) is 26.0 Å². The zero-order valence-corrected chi connectivity index (χ0v) is 18.2. The Bertz CT molecular complexity index is 855. The van der Waals surface area contributed by atoms with Gasteiger partial charge in [-0.15, -0.1) is 0 Å². The molecule has 0 saturated heterocycles. The quantitative estimate of drug-likeness (QED) is 0.620. The molecule has 0 aliphatic heterocycles. The predicted molar refractivity (Wildman–Crippen MR) is 117 cm³/mol. The molecule has 0 aromatic heterocycles. The van der Waals surface area contributed by atoms with Crippen molar-refractivity contribution >= 4 is 17.5 Å². The minimum atomic E-state index is -0.204. The topological polar surface area (TPSA) is 85.9 Å². The summed E-state index contributed by atoms with van der Waals surface area (Å²) in [6.07, 6.45) is 0.713. The van der Waals surface area contributed by atoms with Gasteiger partial charge in [0.1, 0.15) is 0 Å². The number of para-hydroxylation sites is 1. The molecule has 2 aromatic carbocycles. The van der Waals surface area contributed by atoms with Crippen LogP contribution in [0.25, 0.3) is 0 Å². The van der Waals surface area contributed by atoms with E-state index in [9.17, 15) is 9.59 Å². The summed E-state index contributed by atoms with van der Waals surface area (Å²) < 4.78 is 16.0. The summed E-state index contributed by atoms with van der Waals surface area (Å²) in [5, 5.41) is 5.72. The van der Waals surface area contributed by atoms with E-state index in [2.05, 4.69) is 10.6 Å². The lowest BCUT2D eigenvalue weighted by molar-refractivity contribution is -0.116. The minimum Gasteiger partial charge on any atom is -0.493 e. The predicted octanol–water partition coefficient (Wildman–Crippen LogP) is 3.67. The molecule has 0 spiro atoms. The van der Waals surface area contributed by atoms with Crippen molar-refractivity contribution in [3.63, 3.8) is 0 Å². The molecule has 7 nitrogen and oxygen atoms in total. The third kappa shape index (κ3) is 6.14. The lowest BCUT2D eigenvalue weighted by Crippen LogP contribution is -2.28. The maximum Gasteiger partial charge on any atom is 0.253 e. The van der Waals surface area contributed by atoms with E-state index in [1.807, 2.05) is 26.0 Å². The number of hydrogen-bond donors (Lipinski definition) is 2. The lowest BCUT2D eigenvalue weighted by atomic mass is 10.1. The van der Waals surface area contributed by atoms with E-state index in [1.165, 1.54) is 0 Å². The largest absolute Gasteiger partial charge is 0.493 e. The second-order valence-electron chi connectivity index (χ2n) is 7.23. The molecule has 7 heteroatoms. The summed E-state index contributed by atoms with van der Waals surface area (Å²) in [5.41, 5.74) is 1.82. The Balaban J connectivity index is 2.06. The second-order valence-corrected chi connectivity index (χ2v) is 7.23. The van der Waals surface area contributed by atoms with Crippen molar-refractivity contribution < 1.29 is 23.8 Å². The molecule has 2 N–H and O–H groups in total. The molecule has 0 aliphatic rings. The van der Waals surface area contributed by atoms with Gasteiger partial charge in [-0.25, -0.2) is 0 Å². The Hall–Kier alpha value is -3.22. The lowest BCUT2D eigenvalue weighted by Gasteiger charge is -2.14. The van der Waals surface area contributed by atoms with Crippen LogP contribution >= 0.6 is 0 Å². The minimum absolute atomic E-state index is 0.187. The van der Waals surface area contributed by atoms with Crippen LogP contribution in [-0.4, -0.2) is 39.7 Å². The first-order valence-corrected chi connectivity index (χ1v) is 9.85. The second kappa shape index (κ2) is 11.1. The fourth-order valence-corrected chi connectivity index (χ4v) is 2.93. The van der Waals surface area contributed by atoms with Gasteiger partial charge in [-0.3, -0.25) is 9.59 Å². The van der Waals surface area contributed by atoms with Crippen LogP contribution < -0.4 is 24.8 Å². The zero-order valence-electron chi connectivity index (χ0n) is 18.2. The van der Waals surface area contributed by atoms with Crippen LogP contribution in [0.3, 0.4) is 0 Å². The zero-order chi connectivity index (χ0) is 22.1. The number of amides is 2. The van der Waals surface area contributed by atoms with Gasteiger partial charge in [0.2, 0.25) is 11.7 Å². The summed E-state index contributed by atoms with van der Waals surface area (Å²) >= 11 is 0. The van der Waals surface area contributed by atoms with Gasteiger partial charge in [-0.05, 0) is 42.2 Å². The van der Waals surface area contributed by atoms with Crippen LogP contribution in [0.15, 0.2) is 36.4 Å². The summed E-state index contributed by atoms with van der Waals surface area (Å²) in [5.74, 6) is 1.54. The van der Waals surface area contributed by atoms with E-state index in [0.717, 1.165) is 5.56 Å². The SMILES string of the molecule is COc1cc(CCC(=O)Nc2ccccc2C(=O)NCC(C)C)cc(OC)c1OC.